The molecular weight excluding hydrogens is 200 g/mol. The third-order valence-corrected chi connectivity index (χ3v) is 3.85. The van der Waals surface area contributed by atoms with E-state index < -0.39 is 11.6 Å². The maximum absolute atomic E-state index is 10.3. The Bertz CT molecular complexity index is 188. The summed E-state index contributed by atoms with van der Waals surface area (Å²) in [6, 6.07) is 0. The van der Waals surface area contributed by atoms with Crippen LogP contribution in [0.5, 0.6) is 0 Å². The second-order valence-corrected chi connectivity index (χ2v) is 5.09. The number of carboxylic acid groups (broad SMARTS) is 1. The van der Waals surface area contributed by atoms with Gasteiger partial charge < -0.3 is 10.2 Å². The molecule has 3 nitrogen and oxygen atoms in total. The first-order valence-electron chi connectivity index (χ1n) is 5.14. The van der Waals surface area contributed by atoms with Gasteiger partial charge in [0, 0.05) is 11.5 Å². The van der Waals surface area contributed by atoms with E-state index in [9.17, 15) is 9.90 Å². The molecule has 1 aliphatic rings. The largest absolute Gasteiger partial charge is 0.481 e. The van der Waals surface area contributed by atoms with Gasteiger partial charge in [-0.05, 0) is 12.8 Å². The van der Waals surface area contributed by atoms with E-state index in [1.54, 1.807) is 11.8 Å². The Balaban J connectivity index is 2.12. The van der Waals surface area contributed by atoms with Crippen LogP contribution in [-0.4, -0.2) is 33.3 Å². The molecule has 0 amide bonds. The van der Waals surface area contributed by atoms with Crippen molar-refractivity contribution in [1.29, 1.82) is 0 Å². The van der Waals surface area contributed by atoms with Crippen molar-refractivity contribution >= 4 is 17.7 Å². The topological polar surface area (TPSA) is 57.5 Å². The number of rotatable bonds is 5. The summed E-state index contributed by atoms with van der Waals surface area (Å²) in [5.41, 5.74) is -0.512. The Hall–Kier alpha value is -0.220. The van der Waals surface area contributed by atoms with Crippen molar-refractivity contribution in [2.24, 2.45) is 0 Å². The number of carboxylic acids is 1. The van der Waals surface area contributed by atoms with Crippen molar-refractivity contribution in [1.82, 2.24) is 0 Å². The van der Waals surface area contributed by atoms with Crippen molar-refractivity contribution < 1.29 is 15.0 Å². The molecule has 82 valence electrons. The number of hydrogen-bond donors (Lipinski definition) is 2. The Morgan fingerprint density at radius 1 is 1.29 bits per heavy atom. The molecule has 0 bridgehead atoms. The van der Waals surface area contributed by atoms with Gasteiger partial charge in [-0.15, -0.1) is 0 Å². The van der Waals surface area contributed by atoms with Crippen LogP contribution in [0.2, 0.25) is 0 Å². The Kier molecular flexibility index (Phi) is 4.75. The average Bonchev–Trinajstić information content (AvgIpc) is 2.14. The zero-order valence-electron chi connectivity index (χ0n) is 8.37. The number of aliphatic hydroxyl groups is 1. The molecule has 1 aliphatic carbocycles. The summed E-state index contributed by atoms with van der Waals surface area (Å²) in [6.45, 7) is 0. The zero-order chi connectivity index (χ0) is 10.4. The van der Waals surface area contributed by atoms with Gasteiger partial charge in [0.05, 0.1) is 12.0 Å². The summed E-state index contributed by atoms with van der Waals surface area (Å²) in [7, 11) is 0. The summed E-state index contributed by atoms with van der Waals surface area (Å²) in [4.78, 5) is 10.3. The van der Waals surface area contributed by atoms with Crippen LogP contribution < -0.4 is 0 Å². The molecule has 0 saturated heterocycles. The molecular formula is C10H18O3S. The standard InChI is InChI=1S/C10H18O3S/c11-9(12)4-7-14-8-10(13)5-2-1-3-6-10/h13H,1-8H2,(H,11,12). The predicted molar refractivity (Wildman–Crippen MR) is 57.6 cm³/mol. The maximum atomic E-state index is 10.3. The minimum absolute atomic E-state index is 0.195. The van der Waals surface area contributed by atoms with Crippen molar-refractivity contribution in [3.05, 3.63) is 0 Å². The highest BCUT2D eigenvalue weighted by atomic mass is 32.2. The summed E-state index contributed by atoms with van der Waals surface area (Å²) >= 11 is 1.56. The fourth-order valence-corrected chi connectivity index (χ4v) is 2.91. The van der Waals surface area contributed by atoms with E-state index in [0.29, 0.717) is 11.5 Å². The second kappa shape index (κ2) is 5.61. The summed E-state index contributed by atoms with van der Waals surface area (Å²) in [5.74, 6) is 0.547. The van der Waals surface area contributed by atoms with E-state index in [1.807, 2.05) is 0 Å². The quantitative estimate of drug-likeness (QED) is 0.692. The van der Waals surface area contributed by atoms with Crippen molar-refractivity contribution in [3.8, 4) is 0 Å². The lowest BCUT2D eigenvalue weighted by Gasteiger charge is -2.31. The lowest BCUT2D eigenvalue weighted by molar-refractivity contribution is -0.136. The average molecular weight is 218 g/mol. The van der Waals surface area contributed by atoms with Gasteiger partial charge in [0.25, 0.3) is 0 Å². The van der Waals surface area contributed by atoms with E-state index >= 15 is 0 Å². The van der Waals surface area contributed by atoms with Gasteiger partial charge in [0.15, 0.2) is 0 Å². The van der Waals surface area contributed by atoms with Crippen molar-refractivity contribution in [3.63, 3.8) is 0 Å². The fourth-order valence-electron chi connectivity index (χ4n) is 1.78. The first-order valence-corrected chi connectivity index (χ1v) is 6.30. The lowest BCUT2D eigenvalue weighted by Crippen LogP contribution is -2.34. The highest BCUT2D eigenvalue weighted by Gasteiger charge is 2.28. The van der Waals surface area contributed by atoms with Crippen LogP contribution in [-0.2, 0) is 4.79 Å². The SMILES string of the molecule is O=C(O)CCSCC1(O)CCCCC1. The Labute approximate surface area is 88.9 Å². The molecule has 0 heterocycles. The highest BCUT2D eigenvalue weighted by molar-refractivity contribution is 7.99. The smallest absolute Gasteiger partial charge is 0.304 e. The predicted octanol–water partition coefficient (Wildman–Crippen LogP) is 1.89. The summed E-state index contributed by atoms with van der Waals surface area (Å²) < 4.78 is 0. The van der Waals surface area contributed by atoms with Gasteiger partial charge in [-0.25, -0.2) is 0 Å². The van der Waals surface area contributed by atoms with Crippen LogP contribution in [0.1, 0.15) is 38.5 Å². The maximum Gasteiger partial charge on any atom is 0.304 e. The number of carbonyl (C=O) groups is 1. The molecule has 0 aromatic carbocycles. The number of aliphatic carboxylic acids is 1. The van der Waals surface area contributed by atoms with Crippen molar-refractivity contribution in [2.75, 3.05) is 11.5 Å². The van der Waals surface area contributed by atoms with Gasteiger partial charge in [-0.2, -0.15) is 11.8 Å². The first-order chi connectivity index (χ1) is 6.62. The van der Waals surface area contributed by atoms with Crippen LogP contribution in [0, 0.1) is 0 Å². The molecule has 0 atom stereocenters. The van der Waals surface area contributed by atoms with Crippen molar-refractivity contribution in [2.45, 2.75) is 44.1 Å². The first kappa shape index (κ1) is 11.9. The van der Waals surface area contributed by atoms with Gasteiger partial charge in [0.1, 0.15) is 0 Å². The van der Waals surface area contributed by atoms with Gasteiger partial charge >= 0.3 is 5.97 Å². The molecule has 0 aliphatic heterocycles. The minimum atomic E-state index is -0.756. The van der Waals surface area contributed by atoms with E-state index in [4.69, 9.17) is 5.11 Å². The molecule has 2 N–H and O–H groups in total. The van der Waals surface area contributed by atoms with E-state index in [2.05, 4.69) is 0 Å². The van der Waals surface area contributed by atoms with Gasteiger partial charge in [-0.3, -0.25) is 4.79 Å². The Morgan fingerprint density at radius 3 is 2.50 bits per heavy atom. The van der Waals surface area contributed by atoms with Crippen LogP contribution in [0.3, 0.4) is 0 Å². The van der Waals surface area contributed by atoms with E-state index in [1.165, 1.54) is 6.42 Å². The Morgan fingerprint density at radius 2 is 1.93 bits per heavy atom. The third kappa shape index (κ3) is 4.33. The molecule has 1 saturated carbocycles. The summed E-state index contributed by atoms with van der Waals surface area (Å²) in [5, 5.41) is 18.5. The van der Waals surface area contributed by atoms with Crippen LogP contribution in [0.15, 0.2) is 0 Å². The molecule has 0 aromatic rings. The summed E-state index contributed by atoms with van der Waals surface area (Å²) in [6.07, 6.45) is 5.40. The number of hydrogen-bond acceptors (Lipinski definition) is 3. The van der Waals surface area contributed by atoms with E-state index in [0.717, 1.165) is 25.7 Å². The molecule has 0 aromatic heterocycles. The monoisotopic (exact) mass is 218 g/mol. The minimum Gasteiger partial charge on any atom is -0.481 e. The molecule has 0 unspecified atom stereocenters. The highest BCUT2D eigenvalue weighted by Crippen LogP contribution is 2.30. The molecule has 1 fully saturated rings. The number of thioether (sulfide) groups is 1. The zero-order valence-corrected chi connectivity index (χ0v) is 9.18. The third-order valence-electron chi connectivity index (χ3n) is 2.62. The van der Waals surface area contributed by atoms with Gasteiger partial charge in [0.2, 0.25) is 0 Å². The normalized spacial score (nSPS) is 20.6. The van der Waals surface area contributed by atoms with Crippen LogP contribution in [0.4, 0.5) is 0 Å². The van der Waals surface area contributed by atoms with Crippen LogP contribution in [0.25, 0.3) is 0 Å². The second-order valence-electron chi connectivity index (χ2n) is 3.98. The molecule has 1 rings (SSSR count). The molecule has 14 heavy (non-hydrogen) atoms. The van der Waals surface area contributed by atoms with E-state index in [-0.39, 0.29) is 6.42 Å². The molecule has 0 radical (unpaired) electrons. The fraction of sp³-hybridized carbons (Fsp3) is 0.900. The lowest BCUT2D eigenvalue weighted by atomic mass is 9.86. The van der Waals surface area contributed by atoms with Crippen LogP contribution >= 0.6 is 11.8 Å². The molecule has 0 spiro atoms. The van der Waals surface area contributed by atoms with Gasteiger partial charge in [-0.1, -0.05) is 19.3 Å². The molecule has 4 heteroatoms.